The lowest BCUT2D eigenvalue weighted by molar-refractivity contribution is -0.122. The second-order valence-corrected chi connectivity index (χ2v) is 7.14. The van der Waals surface area contributed by atoms with Crippen molar-refractivity contribution in [2.45, 2.75) is 46.5 Å². The number of hydrogen-bond acceptors (Lipinski definition) is 2. The van der Waals surface area contributed by atoms with Gasteiger partial charge in [0.2, 0.25) is 11.8 Å². The number of aryl methyl sites for hydroxylation is 3. The van der Waals surface area contributed by atoms with E-state index in [9.17, 15) is 9.59 Å². The number of benzene rings is 2. The minimum absolute atomic E-state index is 0.0490. The van der Waals surface area contributed by atoms with Crippen LogP contribution in [0, 0.1) is 11.8 Å². The number of amides is 2. The van der Waals surface area contributed by atoms with Gasteiger partial charge in [-0.05, 0) is 54.5 Å². The van der Waals surface area contributed by atoms with E-state index in [1.807, 2.05) is 42.5 Å². The van der Waals surface area contributed by atoms with Gasteiger partial charge < -0.3 is 10.6 Å². The van der Waals surface area contributed by atoms with Crippen LogP contribution in [0.1, 0.15) is 43.9 Å². The number of anilines is 2. The zero-order valence-electron chi connectivity index (χ0n) is 16.3. The van der Waals surface area contributed by atoms with Crippen molar-refractivity contribution in [1.29, 1.82) is 0 Å². The Kier molecular flexibility index (Phi) is 5.94. The quantitative estimate of drug-likeness (QED) is 0.755. The summed E-state index contributed by atoms with van der Waals surface area (Å²) in [6.07, 6.45) is 3.32. The third-order valence-corrected chi connectivity index (χ3v) is 5.34. The molecule has 4 heteroatoms. The van der Waals surface area contributed by atoms with Gasteiger partial charge in [-0.1, -0.05) is 51.1 Å². The summed E-state index contributed by atoms with van der Waals surface area (Å²) in [4.78, 5) is 25.1. The summed E-state index contributed by atoms with van der Waals surface area (Å²) in [7, 11) is 0. The summed E-state index contributed by atoms with van der Waals surface area (Å²) in [6, 6.07) is 14.0. The second-order valence-electron chi connectivity index (χ2n) is 7.14. The van der Waals surface area contributed by atoms with E-state index < -0.39 is 0 Å². The predicted octanol–water partition coefficient (Wildman–Crippen LogP) is 4.59. The fourth-order valence-electron chi connectivity index (χ4n) is 3.45. The van der Waals surface area contributed by atoms with Crippen LogP contribution in [0.5, 0.6) is 0 Å². The molecule has 1 saturated carbocycles. The largest absolute Gasteiger partial charge is 0.326 e. The molecule has 2 aromatic carbocycles. The highest BCUT2D eigenvalue weighted by molar-refractivity contribution is 6.03. The molecular formula is C23H28N2O2. The van der Waals surface area contributed by atoms with Crippen molar-refractivity contribution in [3.63, 3.8) is 0 Å². The zero-order valence-corrected chi connectivity index (χ0v) is 16.3. The summed E-state index contributed by atoms with van der Waals surface area (Å²) in [5, 5.41) is 6.02. The molecule has 2 unspecified atom stereocenters. The van der Waals surface area contributed by atoms with Gasteiger partial charge in [0.15, 0.2) is 0 Å². The summed E-state index contributed by atoms with van der Waals surface area (Å²) in [5.74, 6) is -0.602. The van der Waals surface area contributed by atoms with Gasteiger partial charge >= 0.3 is 0 Å². The van der Waals surface area contributed by atoms with E-state index in [2.05, 4.69) is 31.4 Å². The maximum atomic E-state index is 12.7. The Balaban J connectivity index is 1.61. The summed E-state index contributed by atoms with van der Waals surface area (Å²) < 4.78 is 0. The fourth-order valence-corrected chi connectivity index (χ4v) is 3.45. The highest BCUT2D eigenvalue weighted by Crippen LogP contribution is 2.40. The maximum Gasteiger partial charge on any atom is 0.228 e. The van der Waals surface area contributed by atoms with Gasteiger partial charge in [0.1, 0.15) is 0 Å². The highest BCUT2D eigenvalue weighted by Gasteiger charge is 2.48. The van der Waals surface area contributed by atoms with Crippen LogP contribution in [0.4, 0.5) is 11.4 Å². The van der Waals surface area contributed by atoms with Crippen molar-refractivity contribution in [3.8, 4) is 0 Å². The fraction of sp³-hybridized carbons (Fsp3) is 0.391. The van der Waals surface area contributed by atoms with E-state index in [0.717, 1.165) is 41.8 Å². The van der Waals surface area contributed by atoms with Crippen molar-refractivity contribution >= 4 is 23.2 Å². The lowest BCUT2D eigenvalue weighted by Gasteiger charge is -2.14. The van der Waals surface area contributed by atoms with Crippen molar-refractivity contribution in [1.82, 2.24) is 0 Å². The molecular weight excluding hydrogens is 336 g/mol. The average Bonchev–Trinajstić information content (AvgIpc) is 3.50. The molecule has 2 aromatic rings. The molecule has 4 nitrogen and oxygen atoms in total. The summed E-state index contributed by atoms with van der Waals surface area (Å²) >= 11 is 0. The first-order valence-corrected chi connectivity index (χ1v) is 9.88. The van der Waals surface area contributed by atoms with Gasteiger partial charge in [-0.3, -0.25) is 9.59 Å². The third kappa shape index (κ3) is 4.38. The molecule has 0 bridgehead atoms. The lowest BCUT2D eigenvalue weighted by atomic mass is 10.0. The van der Waals surface area contributed by atoms with Gasteiger partial charge in [-0.2, -0.15) is 0 Å². The average molecular weight is 364 g/mol. The number of nitrogens with one attached hydrogen (secondary N) is 2. The van der Waals surface area contributed by atoms with Crippen LogP contribution in [-0.2, 0) is 28.9 Å². The molecule has 2 N–H and O–H groups in total. The molecule has 0 aliphatic heterocycles. The molecule has 0 saturated heterocycles. The van der Waals surface area contributed by atoms with Crippen LogP contribution in [0.15, 0.2) is 42.5 Å². The Labute approximate surface area is 161 Å². The van der Waals surface area contributed by atoms with Crippen LogP contribution in [0.3, 0.4) is 0 Å². The number of para-hydroxylation sites is 1. The van der Waals surface area contributed by atoms with Crippen LogP contribution in [-0.4, -0.2) is 11.8 Å². The molecule has 1 fully saturated rings. The van der Waals surface area contributed by atoms with Crippen LogP contribution >= 0.6 is 0 Å². The SMILES string of the molecule is CCc1ccc(NC(=O)C2CC2C(=O)Nc2c(CC)cccc2CC)cc1. The van der Waals surface area contributed by atoms with E-state index in [1.54, 1.807) is 0 Å². The van der Waals surface area contributed by atoms with E-state index in [4.69, 9.17) is 0 Å². The van der Waals surface area contributed by atoms with Gasteiger partial charge in [0.25, 0.3) is 0 Å². The van der Waals surface area contributed by atoms with Crippen molar-refractivity contribution in [2.75, 3.05) is 10.6 Å². The Morgan fingerprint density at radius 3 is 1.89 bits per heavy atom. The third-order valence-electron chi connectivity index (χ3n) is 5.34. The molecule has 142 valence electrons. The first kappa shape index (κ1) is 19.2. The highest BCUT2D eigenvalue weighted by atomic mass is 16.2. The number of carbonyl (C=O) groups excluding carboxylic acids is 2. The summed E-state index contributed by atoms with van der Waals surface area (Å²) in [5.41, 5.74) is 5.22. The predicted molar refractivity (Wildman–Crippen MR) is 110 cm³/mol. The molecule has 0 aromatic heterocycles. The smallest absolute Gasteiger partial charge is 0.228 e. The molecule has 0 radical (unpaired) electrons. The first-order chi connectivity index (χ1) is 13.1. The molecule has 1 aliphatic rings. The van der Waals surface area contributed by atoms with Gasteiger partial charge in [0, 0.05) is 11.4 Å². The van der Waals surface area contributed by atoms with Crippen LogP contribution in [0.2, 0.25) is 0 Å². The van der Waals surface area contributed by atoms with Crippen LogP contribution < -0.4 is 10.6 Å². The molecule has 3 rings (SSSR count). The minimum Gasteiger partial charge on any atom is -0.326 e. The molecule has 2 amide bonds. The topological polar surface area (TPSA) is 58.2 Å². The van der Waals surface area contributed by atoms with E-state index >= 15 is 0 Å². The van der Waals surface area contributed by atoms with Crippen molar-refractivity contribution in [3.05, 3.63) is 59.2 Å². The van der Waals surface area contributed by atoms with Crippen molar-refractivity contribution in [2.24, 2.45) is 11.8 Å². The number of hydrogen-bond donors (Lipinski definition) is 2. The molecule has 1 aliphatic carbocycles. The standard InChI is InChI=1S/C23H28N2O2/c1-4-15-10-12-18(13-11-15)24-22(26)19-14-20(19)23(27)25-21-16(5-2)8-7-9-17(21)6-3/h7-13,19-20H,4-6,14H2,1-3H3,(H,24,26)(H,25,27). The molecule has 0 spiro atoms. The van der Waals surface area contributed by atoms with E-state index in [-0.39, 0.29) is 23.7 Å². The summed E-state index contributed by atoms with van der Waals surface area (Å²) in [6.45, 7) is 6.27. The van der Waals surface area contributed by atoms with Gasteiger partial charge in [-0.15, -0.1) is 0 Å². The number of carbonyl (C=O) groups is 2. The Morgan fingerprint density at radius 2 is 1.37 bits per heavy atom. The monoisotopic (exact) mass is 364 g/mol. The van der Waals surface area contributed by atoms with E-state index in [1.165, 1.54) is 5.56 Å². The Bertz CT molecular complexity index is 805. The van der Waals surface area contributed by atoms with Crippen molar-refractivity contribution < 1.29 is 9.59 Å². The number of rotatable bonds is 7. The van der Waals surface area contributed by atoms with Crippen LogP contribution in [0.25, 0.3) is 0 Å². The zero-order chi connectivity index (χ0) is 19.4. The molecule has 27 heavy (non-hydrogen) atoms. The normalized spacial score (nSPS) is 18.0. The Hall–Kier alpha value is -2.62. The maximum absolute atomic E-state index is 12.7. The second kappa shape index (κ2) is 8.38. The molecule has 0 heterocycles. The van der Waals surface area contributed by atoms with Gasteiger partial charge in [-0.25, -0.2) is 0 Å². The van der Waals surface area contributed by atoms with Gasteiger partial charge in [0.05, 0.1) is 11.8 Å². The molecule has 2 atom stereocenters. The lowest BCUT2D eigenvalue weighted by Crippen LogP contribution is -2.21. The van der Waals surface area contributed by atoms with E-state index in [0.29, 0.717) is 6.42 Å². The first-order valence-electron chi connectivity index (χ1n) is 9.88. The Morgan fingerprint density at radius 1 is 0.815 bits per heavy atom. The minimum atomic E-state index is -0.241.